The predicted octanol–water partition coefficient (Wildman–Crippen LogP) is 1.26. The lowest BCUT2D eigenvalue weighted by molar-refractivity contribution is -0.137. The SMILES string of the molecule is NCCCCCCN.O=C(O)CCCC[C@@H]1SC[C@@H]2NC(=O)N[C@@H]21. The van der Waals surface area contributed by atoms with E-state index in [9.17, 15) is 9.59 Å². The zero-order valence-electron chi connectivity index (χ0n) is 14.3. The number of unbranched alkanes of at least 4 members (excludes halogenated alkanes) is 4. The van der Waals surface area contributed by atoms with Gasteiger partial charge in [-0.15, -0.1) is 0 Å². The molecule has 0 unspecified atom stereocenters. The van der Waals surface area contributed by atoms with E-state index in [-0.39, 0.29) is 24.5 Å². The minimum absolute atomic E-state index is 0.0640. The molecule has 0 spiro atoms. The number of aliphatic carboxylic acids is 1. The van der Waals surface area contributed by atoms with Gasteiger partial charge in [-0.05, 0) is 38.8 Å². The fourth-order valence-corrected chi connectivity index (χ4v) is 4.45. The van der Waals surface area contributed by atoms with Gasteiger partial charge in [-0.25, -0.2) is 4.79 Å². The van der Waals surface area contributed by atoms with Crippen LogP contribution in [0.2, 0.25) is 0 Å². The summed E-state index contributed by atoms with van der Waals surface area (Å²) in [5, 5.41) is 14.8. The smallest absolute Gasteiger partial charge is 0.315 e. The second kappa shape index (κ2) is 12.4. The van der Waals surface area contributed by atoms with Gasteiger partial charge >= 0.3 is 12.0 Å². The molecule has 2 aliphatic heterocycles. The summed E-state index contributed by atoms with van der Waals surface area (Å²) in [7, 11) is 0. The van der Waals surface area contributed by atoms with Crippen molar-refractivity contribution in [2.45, 2.75) is 68.7 Å². The van der Waals surface area contributed by atoms with Crippen molar-refractivity contribution in [1.82, 2.24) is 10.6 Å². The lowest BCUT2D eigenvalue weighted by Crippen LogP contribution is -2.36. The van der Waals surface area contributed by atoms with Gasteiger partial charge in [-0.3, -0.25) is 4.79 Å². The highest BCUT2D eigenvalue weighted by atomic mass is 32.2. The molecule has 2 aliphatic rings. The number of hydrogen-bond acceptors (Lipinski definition) is 5. The van der Waals surface area contributed by atoms with Crippen LogP contribution in [0.15, 0.2) is 0 Å². The standard InChI is InChI=1S/C10H16N2O3S.C6H16N2/c13-8(14)4-2-1-3-7-9-6(5-16-7)11-10(15)12-9;7-5-3-1-2-4-6-8/h6-7,9H,1-5H2,(H,13,14)(H2,11,12,15);1-8H2/t6-,7-,9-;/m0./s1. The van der Waals surface area contributed by atoms with Crippen LogP contribution in [0.1, 0.15) is 51.4 Å². The summed E-state index contributed by atoms with van der Waals surface area (Å²) in [6.07, 6.45) is 7.67. The molecule has 0 bridgehead atoms. The average molecular weight is 361 g/mol. The van der Waals surface area contributed by atoms with Gasteiger partial charge < -0.3 is 27.2 Å². The zero-order chi connectivity index (χ0) is 17.8. The molecule has 2 fully saturated rings. The minimum Gasteiger partial charge on any atom is -0.481 e. The van der Waals surface area contributed by atoms with Crippen molar-refractivity contribution in [3.8, 4) is 0 Å². The number of carboxylic acids is 1. The van der Waals surface area contributed by atoms with Crippen LogP contribution >= 0.6 is 11.8 Å². The topological polar surface area (TPSA) is 130 Å². The minimum atomic E-state index is -0.729. The van der Waals surface area contributed by atoms with Crippen LogP contribution in [0.3, 0.4) is 0 Å². The maximum Gasteiger partial charge on any atom is 0.315 e. The van der Waals surface area contributed by atoms with Crippen LogP contribution in [0.25, 0.3) is 0 Å². The number of carbonyl (C=O) groups excluding carboxylic acids is 1. The Balaban J connectivity index is 0.000000307. The number of amides is 2. The molecule has 2 heterocycles. The monoisotopic (exact) mass is 360 g/mol. The fourth-order valence-electron chi connectivity index (χ4n) is 2.91. The molecule has 0 aromatic rings. The lowest BCUT2D eigenvalue weighted by atomic mass is 10.0. The van der Waals surface area contributed by atoms with Gasteiger partial charge in [0, 0.05) is 17.4 Å². The fraction of sp³-hybridized carbons (Fsp3) is 0.875. The third kappa shape index (κ3) is 8.21. The Morgan fingerprint density at radius 2 is 1.75 bits per heavy atom. The van der Waals surface area contributed by atoms with Crippen LogP contribution in [-0.4, -0.2) is 53.3 Å². The van der Waals surface area contributed by atoms with Gasteiger partial charge in [0.05, 0.1) is 12.1 Å². The third-order valence-electron chi connectivity index (χ3n) is 4.23. The number of fused-ring (bicyclic) bond motifs is 1. The molecular weight excluding hydrogens is 328 g/mol. The lowest BCUT2D eigenvalue weighted by Gasteiger charge is -2.16. The highest BCUT2D eigenvalue weighted by Crippen LogP contribution is 2.33. The van der Waals surface area contributed by atoms with Crippen LogP contribution in [0.5, 0.6) is 0 Å². The average Bonchev–Trinajstić information content (AvgIpc) is 3.08. The summed E-state index contributed by atoms with van der Waals surface area (Å²) in [6, 6.07) is 0.440. The molecule has 8 heteroatoms. The largest absolute Gasteiger partial charge is 0.481 e. The van der Waals surface area contributed by atoms with Gasteiger partial charge in [0.1, 0.15) is 0 Å². The van der Waals surface area contributed by atoms with Crippen molar-refractivity contribution in [1.29, 1.82) is 0 Å². The number of nitrogens with one attached hydrogen (secondary N) is 2. The summed E-state index contributed by atoms with van der Waals surface area (Å²) < 4.78 is 0. The number of thioether (sulfide) groups is 1. The van der Waals surface area contributed by atoms with E-state index in [0.29, 0.717) is 5.25 Å². The van der Waals surface area contributed by atoms with Crippen molar-refractivity contribution in [2.75, 3.05) is 18.8 Å². The Kier molecular flexibility index (Phi) is 10.9. The first kappa shape index (κ1) is 21.1. The highest BCUT2D eigenvalue weighted by molar-refractivity contribution is 8.00. The van der Waals surface area contributed by atoms with Crippen molar-refractivity contribution in [3.05, 3.63) is 0 Å². The summed E-state index contributed by atoms with van der Waals surface area (Å²) in [4.78, 5) is 21.5. The molecule has 7 N–H and O–H groups in total. The molecule has 2 saturated heterocycles. The van der Waals surface area contributed by atoms with E-state index in [1.165, 1.54) is 12.8 Å². The molecule has 2 rings (SSSR count). The van der Waals surface area contributed by atoms with E-state index in [1.54, 1.807) is 0 Å². The van der Waals surface area contributed by atoms with Crippen LogP contribution < -0.4 is 22.1 Å². The second-order valence-electron chi connectivity index (χ2n) is 6.25. The molecule has 0 aliphatic carbocycles. The molecule has 0 radical (unpaired) electrons. The Bertz CT molecular complexity index is 378. The first-order valence-corrected chi connectivity index (χ1v) is 9.94. The quantitative estimate of drug-likeness (QED) is 0.294. The highest BCUT2D eigenvalue weighted by Gasteiger charge is 2.42. The number of carboxylic acid groups (broad SMARTS) is 1. The van der Waals surface area contributed by atoms with Gasteiger partial charge in [-0.2, -0.15) is 11.8 Å². The molecule has 0 saturated carbocycles. The molecular formula is C16H32N4O3S. The number of hydrogen-bond donors (Lipinski definition) is 5. The zero-order valence-corrected chi connectivity index (χ0v) is 15.2. The summed E-state index contributed by atoms with van der Waals surface area (Å²) in [6.45, 7) is 1.65. The number of nitrogens with two attached hydrogens (primary N) is 2. The Morgan fingerprint density at radius 1 is 1.08 bits per heavy atom. The van der Waals surface area contributed by atoms with E-state index in [1.807, 2.05) is 11.8 Å². The van der Waals surface area contributed by atoms with Gasteiger partial charge in [0.25, 0.3) is 0 Å². The molecule has 24 heavy (non-hydrogen) atoms. The number of urea groups is 1. The molecule has 0 aromatic carbocycles. The Labute approximate surface area is 148 Å². The Hall–Kier alpha value is -0.990. The Morgan fingerprint density at radius 3 is 2.33 bits per heavy atom. The molecule has 7 nitrogen and oxygen atoms in total. The van der Waals surface area contributed by atoms with Crippen molar-refractivity contribution >= 4 is 23.8 Å². The van der Waals surface area contributed by atoms with Crippen LogP contribution in [0.4, 0.5) is 4.79 Å². The van der Waals surface area contributed by atoms with Crippen molar-refractivity contribution in [2.24, 2.45) is 11.5 Å². The predicted molar refractivity (Wildman–Crippen MR) is 98.2 cm³/mol. The third-order valence-corrected chi connectivity index (χ3v) is 5.73. The van der Waals surface area contributed by atoms with Gasteiger partial charge in [0.2, 0.25) is 0 Å². The van der Waals surface area contributed by atoms with E-state index in [0.717, 1.165) is 50.9 Å². The van der Waals surface area contributed by atoms with E-state index in [4.69, 9.17) is 16.6 Å². The van der Waals surface area contributed by atoms with E-state index >= 15 is 0 Å². The van der Waals surface area contributed by atoms with Gasteiger partial charge in [0.15, 0.2) is 0 Å². The van der Waals surface area contributed by atoms with E-state index < -0.39 is 5.97 Å². The summed E-state index contributed by atoms with van der Waals surface area (Å²) in [5.74, 6) is 0.236. The van der Waals surface area contributed by atoms with Crippen LogP contribution in [-0.2, 0) is 4.79 Å². The first-order chi connectivity index (χ1) is 11.6. The molecule has 2 amide bonds. The van der Waals surface area contributed by atoms with Gasteiger partial charge in [-0.1, -0.05) is 19.3 Å². The van der Waals surface area contributed by atoms with Crippen LogP contribution in [0, 0.1) is 0 Å². The molecule has 0 aromatic heterocycles. The van der Waals surface area contributed by atoms with Crippen molar-refractivity contribution in [3.63, 3.8) is 0 Å². The normalized spacial score (nSPS) is 24.6. The van der Waals surface area contributed by atoms with E-state index in [2.05, 4.69) is 10.6 Å². The van der Waals surface area contributed by atoms with Crippen molar-refractivity contribution < 1.29 is 14.7 Å². The second-order valence-corrected chi connectivity index (χ2v) is 7.53. The molecule has 140 valence electrons. The first-order valence-electron chi connectivity index (χ1n) is 8.89. The summed E-state index contributed by atoms with van der Waals surface area (Å²) >= 11 is 1.87. The maximum atomic E-state index is 11.1. The maximum absolute atomic E-state index is 11.1. The number of rotatable bonds is 10. The molecule has 3 atom stereocenters. The number of carbonyl (C=O) groups is 2. The summed E-state index contributed by atoms with van der Waals surface area (Å²) in [5.41, 5.74) is 10.6.